The fourth-order valence-electron chi connectivity index (χ4n) is 2.58. The molecule has 0 saturated carbocycles. The highest BCUT2D eigenvalue weighted by atomic mass is 16.6. The Kier molecular flexibility index (Phi) is 37.6. The Balaban J connectivity index is -0.000000219. The van der Waals surface area contributed by atoms with Crippen LogP contribution in [-0.4, -0.2) is 92.2 Å². The molecule has 3 atom stereocenters. The lowest BCUT2D eigenvalue weighted by molar-refractivity contribution is -0.159. The summed E-state index contributed by atoms with van der Waals surface area (Å²) >= 11 is 0. The molecular weight excluding hydrogens is 775 g/mol. The van der Waals surface area contributed by atoms with E-state index in [4.69, 9.17) is 29.3 Å². The number of carboxylic acid groups (broad SMARTS) is 1. The molecule has 0 rings (SSSR count). The second-order valence-corrected chi connectivity index (χ2v) is 17.0. The number of amides is 2. The average Bonchev–Trinajstić information content (AvgIpc) is 3.21. The molecule has 0 saturated heterocycles. The number of nitriles is 1. The van der Waals surface area contributed by atoms with E-state index in [-0.39, 0.29) is 71.9 Å². The van der Waals surface area contributed by atoms with E-state index in [9.17, 15) is 33.9 Å². The molecule has 0 bridgehead atoms. The number of carbonyl (C=O) groups is 6. The summed E-state index contributed by atoms with van der Waals surface area (Å²) in [5.41, 5.74) is -1.34. The third-order valence-electron chi connectivity index (χ3n) is 9.85. The Morgan fingerprint density at radius 3 is 1.32 bits per heavy atom. The lowest BCUT2D eigenvalue weighted by atomic mass is 9.91. The van der Waals surface area contributed by atoms with Gasteiger partial charge < -0.3 is 39.8 Å². The zero-order valence-electron chi connectivity index (χ0n) is 40.6. The summed E-state index contributed by atoms with van der Waals surface area (Å²) < 4.78 is 19.4. The van der Waals surface area contributed by atoms with Crippen LogP contribution in [0.2, 0.25) is 0 Å². The number of carbonyl (C=O) groups excluding carboxylic acids is 5. The summed E-state index contributed by atoms with van der Waals surface area (Å²) in [5, 5.41) is 31.6. The summed E-state index contributed by atoms with van der Waals surface area (Å²) in [6.45, 7) is 35.5. The SMILES string of the molecule is C=C(C)C(=O)OCC(O)COC(=O)C(C)(C)CC.CCC(C)(C)C#N.CCC(C)(C)C(=O)O.CCC(C)(C)C(=O)OCCOC.CCC(C)C(=O)NCNC(=O)C(C)CC. The second kappa shape index (κ2) is 34.7. The van der Waals surface area contributed by atoms with Crippen LogP contribution < -0.4 is 10.6 Å². The fraction of sp³-hybridized carbons (Fsp3) is 0.800. The van der Waals surface area contributed by atoms with Crippen LogP contribution in [0.4, 0.5) is 0 Å². The van der Waals surface area contributed by atoms with Crippen molar-refractivity contribution in [1.82, 2.24) is 10.6 Å². The zero-order chi connectivity index (χ0) is 48.5. The maximum Gasteiger partial charge on any atom is 0.333 e. The first-order valence-corrected chi connectivity index (χ1v) is 20.9. The number of aliphatic carboxylic acids is 1. The van der Waals surface area contributed by atoms with E-state index < -0.39 is 28.9 Å². The van der Waals surface area contributed by atoms with Crippen LogP contribution in [0.25, 0.3) is 0 Å². The largest absolute Gasteiger partial charge is 0.481 e. The maximum atomic E-state index is 11.6. The molecule has 0 aliphatic carbocycles. The van der Waals surface area contributed by atoms with Gasteiger partial charge in [0, 0.05) is 24.5 Å². The van der Waals surface area contributed by atoms with Gasteiger partial charge in [0.05, 0.1) is 41.0 Å². The Bertz CT molecular complexity index is 1280. The number of aliphatic hydroxyl groups is 1. The van der Waals surface area contributed by atoms with Gasteiger partial charge in [-0.25, -0.2) is 4.79 Å². The zero-order valence-corrected chi connectivity index (χ0v) is 40.6. The molecule has 352 valence electrons. The topological polar surface area (TPSA) is 228 Å². The average molecular weight is 860 g/mol. The molecule has 0 radical (unpaired) electrons. The van der Waals surface area contributed by atoms with Crippen molar-refractivity contribution in [3.8, 4) is 6.07 Å². The van der Waals surface area contributed by atoms with Gasteiger partial charge in [-0.05, 0) is 101 Å². The Hall–Kier alpha value is -4.03. The van der Waals surface area contributed by atoms with Crippen LogP contribution in [0.3, 0.4) is 0 Å². The molecule has 0 aromatic carbocycles. The normalized spacial score (nSPS) is 12.4. The van der Waals surface area contributed by atoms with Gasteiger partial charge in [-0.1, -0.05) is 62.0 Å². The lowest BCUT2D eigenvalue weighted by Crippen LogP contribution is -2.41. The third-order valence-corrected chi connectivity index (χ3v) is 9.85. The highest BCUT2D eigenvalue weighted by Gasteiger charge is 2.28. The molecular formula is C45H85N3O12. The standard InChI is InChI=1S/C13H22O5.C11H22N2O2.C9H18O3.C6H11N.C6H12O2/c1-6-13(4,5)12(16)18-8-10(14)7-17-11(15)9(2)3;1-5-8(3)10(14)12-7-13-11(15)9(4)6-2;1-5-9(2,3)8(10)12-7-6-11-4;1-4-6(2,3)5-7;1-4-6(2,3)5(7)8/h10,14H,2,6-8H2,1,3-5H3;8-9H,5-7H2,1-4H3,(H,12,14)(H,13,15);5-7H2,1-4H3;4H2,1-3H3;4H2,1-3H3,(H,7,8). The number of aliphatic hydroxyl groups excluding tert-OH is 1. The Labute approximate surface area is 363 Å². The second-order valence-electron chi connectivity index (χ2n) is 17.0. The quantitative estimate of drug-likeness (QED) is 0.0285. The molecule has 0 aliphatic rings. The highest BCUT2D eigenvalue weighted by Crippen LogP contribution is 2.22. The molecule has 2 amide bonds. The van der Waals surface area contributed by atoms with E-state index in [2.05, 4.69) is 23.3 Å². The smallest absolute Gasteiger partial charge is 0.333 e. The number of carboxylic acids is 1. The molecule has 15 nitrogen and oxygen atoms in total. The van der Waals surface area contributed by atoms with Crippen molar-refractivity contribution in [2.24, 2.45) is 33.5 Å². The van der Waals surface area contributed by atoms with Gasteiger partial charge in [-0.15, -0.1) is 0 Å². The van der Waals surface area contributed by atoms with Crippen molar-refractivity contribution >= 4 is 35.7 Å². The van der Waals surface area contributed by atoms with Gasteiger partial charge >= 0.3 is 23.9 Å². The van der Waals surface area contributed by atoms with Crippen molar-refractivity contribution in [3.63, 3.8) is 0 Å². The molecule has 3 unspecified atom stereocenters. The predicted octanol–water partition coefficient (Wildman–Crippen LogP) is 7.78. The van der Waals surface area contributed by atoms with E-state index in [0.717, 1.165) is 25.7 Å². The van der Waals surface area contributed by atoms with Crippen molar-refractivity contribution in [3.05, 3.63) is 12.2 Å². The highest BCUT2D eigenvalue weighted by molar-refractivity contribution is 5.87. The number of hydrogen-bond donors (Lipinski definition) is 4. The van der Waals surface area contributed by atoms with Gasteiger partial charge in [-0.2, -0.15) is 5.26 Å². The summed E-state index contributed by atoms with van der Waals surface area (Å²) in [5.74, 6) is -1.84. The number of methoxy groups -OCH3 is 1. The minimum Gasteiger partial charge on any atom is -0.481 e. The van der Waals surface area contributed by atoms with Gasteiger partial charge in [0.1, 0.15) is 25.9 Å². The summed E-state index contributed by atoms with van der Waals surface area (Å²) in [6, 6.07) is 2.19. The molecule has 0 aliphatic heterocycles. The minimum atomic E-state index is -1.02. The van der Waals surface area contributed by atoms with E-state index >= 15 is 0 Å². The Morgan fingerprint density at radius 2 is 1.05 bits per heavy atom. The number of rotatable bonds is 21. The minimum absolute atomic E-state index is 0.00509. The summed E-state index contributed by atoms with van der Waals surface area (Å²) in [6.07, 6.45) is 3.65. The monoisotopic (exact) mass is 860 g/mol. The third kappa shape index (κ3) is 34.8. The van der Waals surface area contributed by atoms with Crippen molar-refractivity contribution in [2.75, 3.05) is 40.2 Å². The van der Waals surface area contributed by atoms with Crippen LogP contribution >= 0.6 is 0 Å². The van der Waals surface area contributed by atoms with Crippen LogP contribution in [-0.2, 0) is 47.7 Å². The molecule has 0 spiro atoms. The van der Waals surface area contributed by atoms with Crippen molar-refractivity contribution in [2.45, 2.75) is 162 Å². The van der Waals surface area contributed by atoms with Gasteiger partial charge in [0.25, 0.3) is 0 Å². The van der Waals surface area contributed by atoms with E-state index in [0.29, 0.717) is 26.1 Å². The molecule has 60 heavy (non-hydrogen) atoms. The van der Waals surface area contributed by atoms with Crippen LogP contribution in [0.15, 0.2) is 12.2 Å². The number of nitrogens with one attached hydrogen (secondary N) is 2. The number of hydrogen-bond acceptors (Lipinski definition) is 12. The molecule has 0 aromatic heterocycles. The van der Waals surface area contributed by atoms with E-state index in [1.54, 1.807) is 34.8 Å². The molecule has 0 fully saturated rings. The van der Waals surface area contributed by atoms with Gasteiger partial charge in [0.15, 0.2) is 0 Å². The summed E-state index contributed by atoms with van der Waals surface area (Å²) in [4.78, 5) is 66.9. The molecule has 0 aromatic rings. The van der Waals surface area contributed by atoms with Gasteiger partial charge in [0.2, 0.25) is 11.8 Å². The molecule has 15 heteroatoms. The predicted molar refractivity (Wildman–Crippen MR) is 235 cm³/mol. The van der Waals surface area contributed by atoms with E-state index in [1.807, 2.05) is 83.1 Å². The fourth-order valence-corrected chi connectivity index (χ4v) is 2.58. The first-order chi connectivity index (χ1) is 27.4. The number of nitrogens with zero attached hydrogens (tertiary/aromatic N) is 1. The maximum absolute atomic E-state index is 11.6. The van der Waals surface area contributed by atoms with Crippen LogP contribution in [0.1, 0.15) is 156 Å². The number of ether oxygens (including phenoxy) is 4. The van der Waals surface area contributed by atoms with Crippen molar-refractivity contribution in [1.29, 1.82) is 5.26 Å². The summed E-state index contributed by atoms with van der Waals surface area (Å²) in [7, 11) is 1.58. The van der Waals surface area contributed by atoms with Crippen molar-refractivity contribution < 1.29 is 57.9 Å². The first kappa shape index (κ1) is 65.1. The van der Waals surface area contributed by atoms with Gasteiger partial charge in [-0.3, -0.25) is 24.0 Å². The lowest BCUT2D eigenvalue weighted by Gasteiger charge is -2.21. The molecule has 4 N–H and O–H groups in total. The van der Waals surface area contributed by atoms with Crippen LogP contribution in [0, 0.1) is 44.8 Å². The first-order valence-electron chi connectivity index (χ1n) is 20.9. The molecule has 0 heterocycles. The van der Waals surface area contributed by atoms with E-state index in [1.165, 1.54) is 6.92 Å². The van der Waals surface area contributed by atoms with Crippen LogP contribution in [0.5, 0.6) is 0 Å². The Morgan fingerprint density at radius 1 is 0.667 bits per heavy atom. The number of esters is 3.